The van der Waals surface area contributed by atoms with Crippen LogP contribution in [0.25, 0.3) is 0 Å². The summed E-state index contributed by atoms with van der Waals surface area (Å²) in [5.74, 6) is 2.30. The fourth-order valence-corrected chi connectivity index (χ4v) is 1.62. The first-order valence-electron chi connectivity index (χ1n) is 3.99. The molecule has 3 heteroatoms. The third-order valence-electron chi connectivity index (χ3n) is 1.40. The Hall–Kier alpha value is -0.200. The zero-order chi connectivity index (χ0) is 8.53. The SMILES string of the molecule is CCCSCCC(C#N)NC. The van der Waals surface area contributed by atoms with E-state index in [-0.39, 0.29) is 6.04 Å². The van der Waals surface area contributed by atoms with Gasteiger partial charge in [0.2, 0.25) is 0 Å². The van der Waals surface area contributed by atoms with E-state index >= 15 is 0 Å². The summed E-state index contributed by atoms with van der Waals surface area (Å²) >= 11 is 1.92. The lowest BCUT2D eigenvalue weighted by atomic mass is 10.3. The molecule has 0 amide bonds. The maximum Gasteiger partial charge on any atom is 0.0958 e. The topological polar surface area (TPSA) is 35.8 Å². The molecule has 1 atom stereocenters. The minimum atomic E-state index is 0.0411. The molecule has 0 radical (unpaired) electrons. The highest BCUT2D eigenvalue weighted by Crippen LogP contribution is 2.05. The number of nitriles is 1. The average molecular weight is 172 g/mol. The van der Waals surface area contributed by atoms with Gasteiger partial charge >= 0.3 is 0 Å². The van der Waals surface area contributed by atoms with Crippen LogP contribution in [0, 0.1) is 11.3 Å². The van der Waals surface area contributed by atoms with E-state index in [4.69, 9.17) is 5.26 Å². The van der Waals surface area contributed by atoms with Crippen molar-refractivity contribution in [3.8, 4) is 6.07 Å². The van der Waals surface area contributed by atoms with Crippen molar-refractivity contribution in [3.05, 3.63) is 0 Å². The molecule has 0 aliphatic rings. The second-order valence-corrected chi connectivity index (χ2v) is 3.60. The lowest BCUT2D eigenvalue weighted by Gasteiger charge is -2.05. The summed E-state index contributed by atoms with van der Waals surface area (Å²) in [5, 5.41) is 11.5. The molecule has 1 unspecified atom stereocenters. The first-order chi connectivity index (χ1) is 5.35. The Kier molecular flexibility index (Phi) is 7.76. The summed E-state index contributed by atoms with van der Waals surface area (Å²) in [5.41, 5.74) is 0. The van der Waals surface area contributed by atoms with Crippen LogP contribution in [-0.4, -0.2) is 24.6 Å². The number of nitrogens with one attached hydrogen (secondary N) is 1. The van der Waals surface area contributed by atoms with Crippen LogP contribution in [-0.2, 0) is 0 Å². The fraction of sp³-hybridized carbons (Fsp3) is 0.875. The molecule has 0 saturated heterocycles. The van der Waals surface area contributed by atoms with Crippen LogP contribution in [0.2, 0.25) is 0 Å². The molecule has 0 aromatic rings. The number of thioether (sulfide) groups is 1. The van der Waals surface area contributed by atoms with Gasteiger partial charge < -0.3 is 5.32 Å². The molecule has 0 bridgehead atoms. The summed E-state index contributed by atoms with van der Waals surface area (Å²) < 4.78 is 0. The molecule has 0 aromatic carbocycles. The highest BCUT2D eigenvalue weighted by molar-refractivity contribution is 7.99. The normalized spacial score (nSPS) is 12.5. The maximum atomic E-state index is 8.56. The van der Waals surface area contributed by atoms with Crippen LogP contribution < -0.4 is 5.32 Å². The summed E-state index contributed by atoms with van der Waals surface area (Å²) in [6, 6.07) is 2.25. The Balaban J connectivity index is 3.16. The molecule has 1 N–H and O–H groups in total. The highest BCUT2D eigenvalue weighted by atomic mass is 32.2. The molecule has 11 heavy (non-hydrogen) atoms. The van der Waals surface area contributed by atoms with E-state index in [9.17, 15) is 0 Å². The Morgan fingerprint density at radius 2 is 2.27 bits per heavy atom. The molecule has 64 valence electrons. The van der Waals surface area contributed by atoms with Gasteiger partial charge in [0.25, 0.3) is 0 Å². The fourth-order valence-electron chi connectivity index (χ4n) is 0.721. The number of hydrogen-bond donors (Lipinski definition) is 1. The molecule has 0 fully saturated rings. The second kappa shape index (κ2) is 7.90. The van der Waals surface area contributed by atoms with Gasteiger partial charge in [-0.1, -0.05) is 6.92 Å². The minimum absolute atomic E-state index is 0.0411. The van der Waals surface area contributed by atoms with Gasteiger partial charge in [-0.25, -0.2) is 0 Å². The highest BCUT2D eigenvalue weighted by Gasteiger charge is 2.01. The van der Waals surface area contributed by atoms with Crippen LogP contribution in [0.1, 0.15) is 19.8 Å². The molecule has 2 nitrogen and oxygen atoms in total. The van der Waals surface area contributed by atoms with Crippen molar-refractivity contribution in [2.45, 2.75) is 25.8 Å². The van der Waals surface area contributed by atoms with Crippen molar-refractivity contribution in [1.82, 2.24) is 5.32 Å². The molecule has 0 spiro atoms. The zero-order valence-electron chi connectivity index (χ0n) is 7.26. The van der Waals surface area contributed by atoms with Crippen LogP contribution in [0.3, 0.4) is 0 Å². The quantitative estimate of drug-likeness (QED) is 0.619. The third kappa shape index (κ3) is 6.21. The molecular weight excluding hydrogens is 156 g/mol. The molecule has 0 rings (SSSR count). The van der Waals surface area contributed by atoms with Crippen LogP contribution in [0.15, 0.2) is 0 Å². The Labute approximate surface area is 73.4 Å². The van der Waals surface area contributed by atoms with E-state index in [1.165, 1.54) is 12.2 Å². The number of hydrogen-bond acceptors (Lipinski definition) is 3. The third-order valence-corrected chi connectivity index (χ3v) is 2.62. The molecular formula is C8H16N2S. The van der Waals surface area contributed by atoms with Crippen molar-refractivity contribution >= 4 is 11.8 Å². The van der Waals surface area contributed by atoms with Gasteiger partial charge in [0.15, 0.2) is 0 Å². The van der Waals surface area contributed by atoms with E-state index in [0.29, 0.717) is 0 Å². The van der Waals surface area contributed by atoms with Gasteiger partial charge in [0.05, 0.1) is 12.1 Å². The zero-order valence-corrected chi connectivity index (χ0v) is 8.08. The number of nitrogens with zero attached hydrogens (tertiary/aromatic N) is 1. The minimum Gasteiger partial charge on any atom is -0.305 e. The van der Waals surface area contributed by atoms with Gasteiger partial charge in [0, 0.05) is 0 Å². The van der Waals surface area contributed by atoms with Gasteiger partial charge in [-0.3, -0.25) is 0 Å². The van der Waals surface area contributed by atoms with E-state index < -0.39 is 0 Å². The lowest BCUT2D eigenvalue weighted by Crippen LogP contribution is -2.23. The van der Waals surface area contributed by atoms with Gasteiger partial charge in [-0.15, -0.1) is 0 Å². The van der Waals surface area contributed by atoms with E-state index in [1.807, 2.05) is 18.8 Å². The van der Waals surface area contributed by atoms with Crippen LogP contribution >= 0.6 is 11.8 Å². The lowest BCUT2D eigenvalue weighted by molar-refractivity contribution is 0.663. The molecule has 0 aromatic heterocycles. The van der Waals surface area contributed by atoms with E-state index in [0.717, 1.165) is 12.2 Å². The van der Waals surface area contributed by atoms with Crippen molar-refractivity contribution in [2.75, 3.05) is 18.6 Å². The Morgan fingerprint density at radius 1 is 1.55 bits per heavy atom. The Bertz CT molecular complexity index is 120. The maximum absolute atomic E-state index is 8.56. The molecule has 0 saturated carbocycles. The van der Waals surface area contributed by atoms with Gasteiger partial charge in [0.1, 0.15) is 0 Å². The predicted molar refractivity (Wildman–Crippen MR) is 50.7 cm³/mol. The van der Waals surface area contributed by atoms with E-state index in [1.54, 1.807) is 0 Å². The largest absolute Gasteiger partial charge is 0.305 e. The standard InChI is InChI=1S/C8H16N2S/c1-3-5-11-6-4-8(7-9)10-2/h8,10H,3-6H2,1-2H3. The summed E-state index contributed by atoms with van der Waals surface area (Å²) in [6.07, 6.45) is 2.18. The molecule has 0 aliphatic carbocycles. The van der Waals surface area contributed by atoms with Crippen molar-refractivity contribution in [1.29, 1.82) is 5.26 Å². The van der Waals surface area contributed by atoms with Crippen molar-refractivity contribution < 1.29 is 0 Å². The summed E-state index contributed by atoms with van der Waals surface area (Å²) in [4.78, 5) is 0. The molecule has 0 heterocycles. The smallest absolute Gasteiger partial charge is 0.0958 e. The Morgan fingerprint density at radius 3 is 2.73 bits per heavy atom. The first-order valence-corrected chi connectivity index (χ1v) is 5.15. The van der Waals surface area contributed by atoms with Gasteiger partial charge in [-0.2, -0.15) is 17.0 Å². The molecule has 0 aliphatic heterocycles. The van der Waals surface area contributed by atoms with Crippen molar-refractivity contribution in [3.63, 3.8) is 0 Å². The first kappa shape index (κ1) is 10.8. The van der Waals surface area contributed by atoms with Gasteiger partial charge in [-0.05, 0) is 31.4 Å². The predicted octanol–water partition coefficient (Wildman–Crippen LogP) is 1.63. The van der Waals surface area contributed by atoms with Crippen LogP contribution in [0.4, 0.5) is 0 Å². The summed E-state index contributed by atoms with van der Waals surface area (Å²) in [7, 11) is 1.83. The van der Waals surface area contributed by atoms with Crippen molar-refractivity contribution in [2.24, 2.45) is 0 Å². The monoisotopic (exact) mass is 172 g/mol. The summed E-state index contributed by atoms with van der Waals surface area (Å²) in [6.45, 7) is 2.17. The van der Waals surface area contributed by atoms with Crippen LogP contribution in [0.5, 0.6) is 0 Å². The second-order valence-electron chi connectivity index (χ2n) is 2.37. The van der Waals surface area contributed by atoms with E-state index in [2.05, 4.69) is 18.3 Å². The number of rotatable bonds is 6. The average Bonchev–Trinajstić information content (AvgIpc) is 2.05.